The summed E-state index contributed by atoms with van der Waals surface area (Å²) in [6.07, 6.45) is 0. The van der Waals surface area contributed by atoms with Crippen molar-refractivity contribution in [2.45, 2.75) is 6.92 Å². The molecule has 0 saturated carbocycles. The van der Waals surface area contributed by atoms with Crippen LogP contribution in [0.25, 0.3) is 11.1 Å². The first-order valence-corrected chi connectivity index (χ1v) is 6.59. The number of allylic oxidation sites excluding steroid dienone is 1. The third-order valence-electron chi connectivity index (χ3n) is 3.12. The Morgan fingerprint density at radius 3 is 1.57 bits per heavy atom. The Bertz CT molecular complexity index is 670. The summed E-state index contributed by atoms with van der Waals surface area (Å²) >= 11 is 0. The number of carbonyl (C=O) groups excluding carboxylic acids is 2. The lowest BCUT2D eigenvalue weighted by molar-refractivity contribution is -0.133. The quantitative estimate of drug-likeness (QED) is 0.490. The molecule has 0 heterocycles. The van der Waals surface area contributed by atoms with E-state index < -0.39 is 5.97 Å². The molecule has 2 aromatic carbocycles. The average molecular weight is 280 g/mol. The number of carbonyl (C=O) groups is 2. The van der Waals surface area contributed by atoms with Gasteiger partial charge in [0.15, 0.2) is 5.78 Å². The van der Waals surface area contributed by atoms with Gasteiger partial charge in [0.05, 0.1) is 12.7 Å². The monoisotopic (exact) mass is 280 g/mol. The van der Waals surface area contributed by atoms with Gasteiger partial charge in [-0.2, -0.15) is 0 Å². The fraction of sp³-hybridized carbons (Fsp3) is 0.111. The van der Waals surface area contributed by atoms with Crippen molar-refractivity contribution in [1.29, 1.82) is 0 Å². The minimum atomic E-state index is -0.518. The Kier molecular flexibility index (Phi) is 4.67. The summed E-state index contributed by atoms with van der Waals surface area (Å²) < 4.78 is 4.87. The molecule has 0 unspecified atom stereocenters. The summed E-state index contributed by atoms with van der Waals surface area (Å²) in [4.78, 5) is 24.3. The SMILES string of the molecule is COC(=O)/C(=C(\C(C)=O)c1ccccc1)c1ccccc1. The minimum absolute atomic E-state index is 0.176. The van der Waals surface area contributed by atoms with Gasteiger partial charge in [0.2, 0.25) is 0 Å². The van der Waals surface area contributed by atoms with Crippen LogP contribution in [0.3, 0.4) is 0 Å². The Hall–Kier alpha value is -2.68. The van der Waals surface area contributed by atoms with Crippen LogP contribution in [-0.4, -0.2) is 18.9 Å². The van der Waals surface area contributed by atoms with Crippen molar-refractivity contribution < 1.29 is 14.3 Å². The van der Waals surface area contributed by atoms with E-state index in [1.165, 1.54) is 14.0 Å². The highest BCUT2D eigenvalue weighted by molar-refractivity contribution is 6.38. The van der Waals surface area contributed by atoms with Crippen molar-refractivity contribution in [2.24, 2.45) is 0 Å². The first kappa shape index (κ1) is 14.7. The summed E-state index contributed by atoms with van der Waals surface area (Å²) in [7, 11) is 1.31. The molecule has 21 heavy (non-hydrogen) atoms. The molecular formula is C18H16O3. The highest BCUT2D eigenvalue weighted by Gasteiger charge is 2.22. The molecule has 0 spiro atoms. The number of methoxy groups -OCH3 is 1. The van der Waals surface area contributed by atoms with E-state index in [1.54, 1.807) is 12.1 Å². The van der Waals surface area contributed by atoms with Crippen LogP contribution in [0, 0.1) is 0 Å². The lowest BCUT2D eigenvalue weighted by Crippen LogP contribution is -2.10. The number of esters is 1. The number of hydrogen-bond acceptors (Lipinski definition) is 3. The van der Waals surface area contributed by atoms with E-state index in [4.69, 9.17) is 4.74 Å². The molecule has 0 fully saturated rings. The third kappa shape index (κ3) is 3.26. The molecule has 0 aliphatic rings. The van der Waals surface area contributed by atoms with Crippen molar-refractivity contribution in [3.05, 3.63) is 71.8 Å². The molecule has 0 aliphatic heterocycles. The van der Waals surface area contributed by atoms with Crippen LogP contribution in [-0.2, 0) is 14.3 Å². The predicted octanol–water partition coefficient (Wildman–Crippen LogP) is 3.36. The van der Waals surface area contributed by atoms with Gasteiger partial charge in [-0.3, -0.25) is 4.79 Å². The van der Waals surface area contributed by atoms with Gasteiger partial charge in [-0.25, -0.2) is 4.79 Å². The van der Waals surface area contributed by atoms with E-state index in [2.05, 4.69) is 0 Å². The number of Topliss-reactive ketones (excluding diaryl/α,β-unsaturated/α-hetero) is 1. The number of ketones is 1. The summed E-state index contributed by atoms with van der Waals surface area (Å²) in [5.41, 5.74) is 2.03. The van der Waals surface area contributed by atoms with E-state index in [9.17, 15) is 9.59 Å². The lowest BCUT2D eigenvalue weighted by Gasteiger charge is -2.12. The second kappa shape index (κ2) is 6.66. The van der Waals surface area contributed by atoms with Crippen LogP contribution < -0.4 is 0 Å². The molecule has 0 aliphatic carbocycles. The maximum Gasteiger partial charge on any atom is 0.339 e. The van der Waals surface area contributed by atoms with Gasteiger partial charge in [-0.15, -0.1) is 0 Å². The molecule has 2 aromatic rings. The highest BCUT2D eigenvalue weighted by atomic mass is 16.5. The highest BCUT2D eigenvalue weighted by Crippen LogP contribution is 2.28. The summed E-state index contributed by atoms with van der Waals surface area (Å²) in [5.74, 6) is -0.694. The van der Waals surface area contributed by atoms with E-state index in [0.29, 0.717) is 16.7 Å². The minimum Gasteiger partial charge on any atom is -0.465 e. The van der Waals surface area contributed by atoms with E-state index >= 15 is 0 Å². The second-order valence-electron chi connectivity index (χ2n) is 4.53. The summed E-state index contributed by atoms with van der Waals surface area (Å²) in [6.45, 7) is 1.45. The summed E-state index contributed by atoms with van der Waals surface area (Å²) in [5, 5.41) is 0. The predicted molar refractivity (Wildman–Crippen MR) is 82.4 cm³/mol. The van der Waals surface area contributed by atoms with Crippen molar-refractivity contribution >= 4 is 22.9 Å². The Morgan fingerprint density at radius 2 is 1.19 bits per heavy atom. The van der Waals surface area contributed by atoms with Crippen LogP contribution in [0.4, 0.5) is 0 Å². The third-order valence-corrected chi connectivity index (χ3v) is 3.12. The van der Waals surface area contributed by atoms with E-state index in [1.807, 2.05) is 48.5 Å². The zero-order valence-corrected chi connectivity index (χ0v) is 12.0. The summed E-state index contributed by atoms with van der Waals surface area (Å²) in [6, 6.07) is 18.2. The topological polar surface area (TPSA) is 43.4 Å². The molecule has 3 nitrogen and oxygen atoms in total. The maximum atomic E-state index is 12.2. The van der Waals surface area contributed by atoms with Gasteiger partial charge >= 0.3 is 5.97 Å². The molecule has 0 aromatic heterocycles. The molecule has 0 N–H and O–H groups in total. The van der Waals surface area contributed by atoms with E-state index in [0.717, 1.165) is 0 Å². The Balaban J connectivity index is 2.75. The molecule has 0 atom stereocenters. The molecule has 3 heteroatoms. The Labute approximate surface area is 123 Å². The lowest BCUT2D eigenvalue weighted by atomic mass is 9.92. The standard InChI is InChI=1S/C18H16O3/c1-13(19)16(14-9-5-3-6-10-14)17(18(20)21-2)15-11-7-4-8-12-15/h3-12H,1-2H3/b17-16+. The van der Waals surface area contributed by atoms with Crippen LogP contribution in [0.15, 0.2) is 60.7 Å². The molecule has 106 valence electrons. The van der Waals surface area contributed by atoms with Crippen molar-refractivity contribution in [1.82, 2.24) is 0 Å². The normalized spacial score (nSPS) is 11.5. The number of rotatable bonds is 4. The maximum absolute atomic E-state index is 12.2. The van der Waals surface area contributed by atoms with Crippen molar-refractivity contribution in [3.63, 3.8) is 0 Å². The average Bonchev–Trinajstić information content (AvgIpc) is 2.53. The van der Waals surface area contributed by atoms with Gasteiger partial charge in [0, 0.05) is 5.57 Å². The number of benzene rings is 2. The van der Waals surface area contributed by atoms with Gasteiger partial charge < -0.3 is 4.74 Å². The van der Waals surface area contributed by atoms with Crippen molar-refractivity contribution in [3.8, 4) is 0 Å². The first-order valence-electron chi connectivity index (χ1n) is 6.59. The van der Waals surface area contributed by atoms with Gasteiger partial charge in [0.1, 0.15) is 0 Å². The zero-order chi connectivity index (χ0) is 15.2. The van der Waals surface area contributed by atoms with Crippen LogP contribution >= 0.6 is 0 Å². The smallest absolute Gasteiger partial charge is 0.339 e. The molecule has 0 amide bonds. The molecule has 0 bridgehead atoms. The largest absolute Gasteiger partial charge is 0.465 e. The molecule has 0 radical (unpaired) electrons. The van der Waals surface area contributed by atoms with Crippen LogP contribution in [0.2, 0.25) is 0 Å². The molecule has 2 rings (SSSR count). The number of hydrogen-bond donors (Lipinski definition) is 0. The van der Waals surface area contributed by atoms with Gasteiger partial charge in [-0.05, 0) is 18.1 Å². The van der Waals surface area contributed by atoms with Crippen molar-refractivity contribution in [2.75, 3.05) is 7.11 Å². The first-order chi connectivity index (χ1) is 10.1. The fourth-order valence-corrected chi connectivity index (χ4v) is 2.20. The van der Waals surface area contributed by atoms with Gasteiger partial charge in [-0.1, -0.05) is 60.7 Å². The number of ether oxygens (including phenoxy) is 1. The zero-order valence-electron chi connectivity index (χ0n) is 12.0. The molecule has 0 saturated heterocycles. The van der Waals surface area contributed by atoms with Crippen LogP contribution in [0.5, 0.6) is 0 Å². The van der Waals surface area contributed by atoms with Gasteiger partial charge in [0.25, 0.3) is 0 Å². The van der Waals surface area contributed by atoms with E-state index in [-0.39, 0.29) is 11.4 Å². The second-order valence-corrected chi connectivity index (χ2v) is 4.53. The fourth-order valence-electron chi connectivity index (χ4n) is 2.20. The Morgan fingerprint density at radius 1 is 0.762 bits per heavy atom. The van der Waals surface area contributed by atoms with Crippen LogP contribution in [0.1, 0.15) is 18.1 Å². The molecular weight excluding hydrogens is 264 g/mol.